The number of fused-ring (bicyclic) bond motifs is 21. The zero-order valence-electron chi connectivity index (χ0n) is 45.7. The zero-order chi connectivity index (χ0) is 55.1. The molecule has 18 rings (SSSR count). The van der Waals surface area contributed by atoms with Gasteiger partial charge in [-0.3, -0.25) is 0 Å². The number of ether oxygens (including phenoxy) is 2. The van der Waals surface area contributed by atoms with Crippen LogP contribution in [0.5, 0.6) is 23.0 Å². The molecule has 2 spiro atoms. The second-order valence-electron chi connectivity index (χ2n) is 22.9. The summed E-state index contributed by atoms with van der Waals surface area (Å²) in [7, 11) is 0. The van der Waals surface area contributed by atoms with Crippen LogP contribution in [0, 0.1) is 0 Å². The van der Waals surface area contributed by atoms with Crippen LogP contribution < -0.4 is 14.4 Å². The van der Waals surface area contributed by atoms with E-state index >= 15 is 0 Å². The number of para-hydroxylation sites is 5. The number of hydrogen-bond acceptors (Lipinski definition) is 3. The Labute approximate surface area is 488 Å². The fourth-order valence-corrected chi connectivity index (χ4v) is 16.0. The molecule has 0 bridgehead atoms. The van der Waals surface area contributed by atoms with Gasteiger partial charge in [0.2, 0.25) is 0 Å². The van der Waals surface area contributed by atoms with Crippen LogP contribution >= 0.6 is 0 Å². The number of benzene rings is 13. The first kappa shape index (κ1) is 47.0. The Bertz CT molecular complexity index is 4750. The van der Waals surface area contributed by atoms with Gasteiger partial charge in [-0.2, -0.15) is 0 Å². The minimum absolute atomic E-state index is 0.581. The number of hydrogen-bond donors (Lipinski definition) is 0. The third-order valence-corrected chi connectivity index (χ3v) is 19.1. The van der Waals surface area contributed by atoms with Crippen molar-refractivity contribution in [3.8, 4) is 67.5 Å². The lowest BCUT2D eigenvalue weighted by Crippen LogP contribution is -2.32. The Balaban J connectivity index is 0.924. The van der Waals surface area contributed by atoms with E-state index in [1.165, 1.54) is 77.9 Å². The molecule has 13 aromatic carbocycles. The summed E-state index contributed by atoms with van der Waals surface area (Å²) in [5.41, 5.74) is 25.4. The number of anilines is 3. The summed E-state index contributed by atoms with van der Waals surface area (Å²) in [4.78, 5) is 2.58. The minimum Gasteiger partial charge on any atom is -0.457 e. The van der Waals surface area contributed by atoms with Gasteiger partial charge in [0.25, 0.3) is 0 Å². The standard InChI is InChI=1S/C81H51NO2/c1-3-24-53(25-4-1)79(54-26-5-2-6-27-54)62-32-11-7-29-57(62)59-48-47-55(51-71(59)79)82(73-41-23-39-70-78(73)60-31-9-13-34-64(60)81(70)68-37-16-21-44-76(68)84-77-45-22-17-38-69(77)81)72-40-18-10-28-56(72)52-46-49-65-61(50-52)58-30-8-12-33-63(58)80(65)66-35-14-19-42-74(66)83-75-43-20-15-36-67(75)80/h1-51H. The first-order valence-corrected chi connectivity index (χ1v) is 29.1. The molecule has 2 heterocycles. The van der Waals surface area contributed by atoms with Gasteiger partial charge in [0.15, 0.2) is 0 Å². The van der Waals surface area contributed by atoms with Gasteiger partial charge in [0.1, 0.15) is 23.0 Å². The van der Waals surface area contributed by atoms with E-state index in [-0.39, 0.29) is 0 Å². The molecule has 13 aromatic rings. The van der Waals surface area contributed by atoms with Crippen LogP contribution in [0.1, 0.15) is 66.8 Å². The highest BCUT2D eigenvalue weighted by molar-refractivity contribution is 6.02. The Morgan fingerprint density at radius 2 is 0.619 bits per heavy atom. The van der Waals surface area contributed by atoms with Crippen LogP contribution in [0.4, 0.5) is 17.1 Å². The van der Waals surface area contributed by atoms with E-state index < -0.39 is 16.2 Å². The largest absolute Gasteiger partial charge is 0.457 e. The van der Waals surface area contributed by atoms with Gasteiger partial charge in [0, 0.05) is 39.1 Å². The highest BCUT2D eigenvalue weighted by atomic mass is 16.5. The molecule has 0 radical (unpaired) electrons. The summed E-state index contributed by atoms with van der Waals surface area (Å²) in [6.07, 6.45) is 0. The molecule has 0 atom stereocenters. The van der Waals surface area contributed by atoms with Crippen LogP contribution in [0.15, 0.2) is 309 Å². The van der Waals surface area contributed by atoms with E-state index in [2.05, 4.69) is 314 Å². The number of rotatable bonds is 6. The fraction of sp³-hybridized carbons (Fsp3) is 0.0370. The van der Waals surface area contributed by atoms with Crippen LogP contribution in [-0.2, 0) is 16.2 Å². The average Bonchev–Trinajstić information content (AvgIpc) is 2.01. The monoisotopic (exact) mass is 1070 g/mol. The SMILES string of the molecule is c1ccc(C2(c3ccccc3)c3ccccc3-c3ccc(N(c4ccccc4-c4ccc5c(c4)-c4ccccc4C54c5ccccc5Oc5ccccc54)c4cccc5c4-c4ccccc4C54c5ccccc5Oc5ccccc54)cc32)cc1. The van der Waals surface area contributed by atoms with Crippen LogP contribution in [-0.4, -0.2) is 0 Å². The van der Waals surface area contributed by atoms with Gasteiger partial charge in [-0.15, -0.1) is 0 Å². The molecule has 3 aliphatic carbocycles. The molecule has 5 aliphatic rings. The van der Waals surface area contributed by atoms with Crippen LogP contribution in [0.3, 0.4) is 0 Å². The predicted octanol–water partition coefficient (Wildman–Crippen LogP) is 20.1. The van der Waals surface area contributed by atoms with Gasteiger partial charge >= 0.3 is 0 Å². The van der Waals surface area contributed by atoms with Gasteiger partial charge < -0.3 is 14.4 Å². The van der Waals surface area contributed by atoms with Crippen molar-refractivity contribution in [2.24, 2.45) is 0 Å². The quantitative estimate of drug-likeness (QED) is 0.166. The molecule has 3 nitrogen and oxygen atoms in total. The van der Waals surface area contributed by atoms with Crippen molar-refractivity contribution in [3.05, 3.63) is 376 Å². The molecule has 2 aliphatic heterocycles. The molecule has 0 N–H and O–H groups in total. The highest BCUT2D eigenvalue weighted by Gasteiger charge is 2.54. The highest BCUT2D eigenvalue weighted by Crippen LogP contribution is 2.66. The smallest absolute Gasteiger partial charge is 0.132 e. The Morgan fingerprint density at radius 1 is 0.226 bits per heavy atom. The summed E-state index contributed by atoms with van der Waals surface area (Å²) in [6, 6.07) is 115. The second-order valence-corrected chi connectivity index (χ2v) is 22.9. The molecule has 0 aromatic heterocycles. The minimum atomic E-state index is -0.668. The van der Waals surface area contributed by atoms with E-state index in [1.807, 2.05) is 0 Å². The fourth-order valence-electron chi connectivity index (χ4n) is 16.0. The summed E-state index contributed by atoms with van der Waals surface area (Å²) in [6.45, 7) is 0. The molecule has 0 unspecified atom stereocenters. The summed E-state index contributed by atoms with van der Waals surface area (Å²) in [5, 5.41) is 0. The van der Waals surface area contributed by atoms with Gasteiger partial charge in [-0.1, -0.05) is 255 Å². The molecule has 0 saturated heterocycles. The Morgan fingerprint density at radius 3 is 1.19 bits per heavy atom. The molecule has 84 heavy (non-hydrogen) atoms. The normalized spacial score (nSPS) is 14.7. The second kappa shape index (κ2) is 17.6. The Hall–Kier alpha value is -10.7. The maximum absolute atomic E-state index is 6.85. The molecular formula is C81H51NO2. The maximum Gasteiger partial charge on any atom is 0.132 e. The number of nitrogens with zero attached hydrogens (tertiary/aromatic N) is 1. The van der Waals surface area contributed by atoms with Crippen molar-refractivity contribution in [2.45, 2.75) is 16.2 Å². The lowest BCUT2D eigenvalue weighted by Gasteiger charge is -2.39. The van der Waals surface area contributed by atoms with Crippen molar-refractivity contribution in [1.82, 2.24) is 0 Å². The Kier molecular flexibility index (Phi) is 9.86. The topological polar surface area (TPSA) is 21.7 Å². The van der Waals surface area contributed by atoms with Crippen LogP contribution in [0.2, 0.25) is 0 Å². The van der Waals surface area contributed by atoms with E-state index in [0.29, 0.717) is 0 Å². The third-order valence-electron chi connectivity index (χ3n) is 19.1. The van der Waals surface area contributed by atoms with E-state index in [4.69, 9.17) is 9.47 Å². The molecule has 0 fully saturated rings. The van der Waals surface area contributed by atoms with E-state index in [0.717, 1.165) is 73.4 Å². The zero-order valence-corrected chi connectivity index (χ0v) is 45.7. The first-order chi connectivity index (χ1) is 41.7. The molecule has 392 valence electrons. The van der Waals surface area contributed by atoms with Crippen molar-refractivity contribution >= 4 is 17.1 Å². The first-order valence-electron chi connectivity index (χ1n) is 29.1. The average molecular weight is 1070 g/mol. The maximum atomic E-state index is 6.85. The van der Waals surface area contributed by atoms with Crippen molar-refractivity contribution in [1.29, 1.82) is 0 Å². The lowest BCUT2D eigenvalue weighted by atomic mass is 9.66. The lowest BCUT2D eigenvalue weighted by molar-refractivity contribution is 0.436. The van der Waals surface area contributed by atoms with E-state index in [1.54, 1.807) is 0 Å². The van der Waals surface area contributed by atoms with Gasteiger partial charge in [-0.25, -0.2) is 0 Å². The van der Waals surface area contributed by atoms with Crippen molar-refractivity contribution in [2.75, 3.05) is 4.90 Å². The van der Waals surface area contributed by atoms with Crippen molar-refractivity contribution < 1.29 is 9.47 Å². The molecule has 0 saturated carbocycles. The third kappa shape index (κ3) is 6.04. The predicted molar refractivity (Wildman–Crippen MR) is 339 cm³/mol. The molecule has 0 amide bonds. The molecule has 3 heteroatoms. The van der Waals surface area contributed by atoms with Gasteiger partial charge in [0.05, 0.1) is 27.6 Å². The molecular weight excluding hydrogens is 1020 g/mol. The van der Waals surface area contributed by atoms with E-state index in [9.17, 15) is 0 Å². The van der Waals surface area contributed by atoms with Crippen LogP contribution in [0.25, 0.3) is 44.5 Å². The van der Waals surface area contributed by atoms with Crippen molar-refractivity contribution in [3.63, 3.8) is 0 Å². The van der Waals surface area contributed by atoms with Gasteiger partial charge in [-0.05, 0) is 132 Å². The summed E-state index contributed by atoms with van der Waals surface area (Å²) < 4.78 is 13.6. The summed E-state index contributed by atoms with van der Waals surface area (Å²) >= 11 is 0. The summed E-state index contributed by atoms with van der Waals surface area (Å²) in [5.74, 6) is 3.51.